The van der Waals surface area contributed by atoms with E-state index in [0.717, 1.165) is 19.3 Å². The topological polar surface area (TPSA) is 79.3 Å². The van der Waals surface area contributed by atoms with Crippen LogP contribution in [-0.2, 0) is 11.3 Å². The van der Waals surface area contributed by atoms with Gasteiger partial charge in [0.1, 0.15) is 5.01 Å². The van der Waals surface area contributed by atoms with Crippen molar-refractivity contribution in [2.24, 2.45) is 11.3 Å². The fourth-order valence-electron chi connectivity index (χ4n) is 2.72. The zero-order chi connectivity index (χ0) is 14.8. The molecule has 1 aromatic rings. The third kappa shape index (κ3) is 3.79. The lowest BCUT2D eigenvalue weighted by molar-refractivity contribution is -0.127. The number of thiazole rings is 1. The monoisotopic (exact) mass is 296 g/mol. The van der Waals surface area contributed by atoms with Gasteiger partial charge in [-0.1, -0.05) is 20.3 Å². The number of carbonyl (C=O) groups excluding carboxylic acids is 1. The van der Waals surface area contributed by atoms with Gasteiger partial charge in [-0.05, 0) is 24.7 Å². The van der Waals surface area contributed by atoms with Crippen molar-refractivity contribution in [3.8, 4) is 0 Å². The van der Waals surface area contributed by atoms with Gasteiger partial charge in [0.2, 0.25) is 5.91 Å². The second-order valence-electron chi connectivity index (χ2n) is 6.11. The molecule has 0 radical (unpaired) electrons. The average Bonchev–Trinajstić information content (AvgIpc) is 2.83. The van der Waals surface area contributed by atoms with E-state index in [2.05, 4.69) is 24.1 Å². The van der Waals surface area contributed by atoms with E-state index in [0.29, 0.717) is 11.6 Å². The molecule has 1 aliphatic carbocycles. The molecule has 1 fully saturated rings. The maximum Gasteiger partial charge on any atom is 0.355 e. The minimum absolute atomic E-state index is 0.0399. The molecule has 1 aliphatic rings. The molecule has 0 aliphatic heterocycles. The van der Waals surface area contributed by atoms with Gasteiger partial charge in [-0.25, -0.2) is 9.78 Å². The zero-order valence-corrected chi connectivity index (χ0v) is 12.6. The zero-order valence-electron chi connectivity index (χ0n) is 11.8. The van der Waals surface area contributed by atoms with E-state index in [4.69, 9.17) is 5.11 Å². The number of carboxylic acids is 1. The molecule has 2 N–H and O–H groups in total. The Hall–Kier alpha value is -1.43. The number of hydrogen-bond acceptors (Lipinski definition) is 4. The van der Waals surface area contributed by atoms with Crippen LogP contribution >= 0.6 is 11.3 Å². The van der Waals surface area contributed by atoms with E-state index in [1.807, 2.05) is 0 Å². The highest BCUT2D eigenvalue weighted by Crippen LogP contribution is 2.38. The number of carboxylic acid groups (broad SMARTS) is 1. The SMILES string of the molecule is CC1(C)CCCC(C(=O)NCc2nc(C(=O)O)cs2)C1. The van der Waals surface area contributed by atoms with Crippen molar-refractivity contribution in [3.05, 3.63) is 16.1 Å². The summed E-state index contributed by atoms with van der Waals surface area (Å²) in [7, 11) is 0. The van der Waals surface area contributed by atoms with Crippen molar-refractivity contribution in [2.45, 2.75) is 46.1 Å². The first-order valence-electron chi connectivity index (χ1n) is 6.83. The molecule has 1 atom stereocenters. The second kappa shape index (κ2) is 5.91. The molecule has 6 heteroatoms. The summed E-state index contributed by atoms with van der Waals surface area (Å²) in [6.45, 7) is 4.71. The van der Waals surface area contributed by atoms with Crippen molar-refractivity contribution in [1.29, 1.82) is 0 Å². The molecule has 5 nitrogen and oxygen atoms in total. The maximum absolute atomic E-state index is 12.1. The van der Waals surface area contributed by atoms with E-state index in [1.54, 1.807) is 0 Å². The Labute approximate surface area is 122 Å². The van der Waals surface area contributed by atoms with Gasteiger partial charge in [0.05, 0.1) is 6.54 Å². The first-order chi connectivity index (χ1) is 9.37. The molecule has 0 spiro atoms. The van der Waals surface area contributed by atoms with Crippen LogP contribution in [0.4, 0.5) is 0 Å². The van der Waals surface area contributed by atoms with Gasteiger partial charge in [-0.3, -0.25) is 4.79 Å². The number of aromatic carboxylic acids is 1. The smallest absolute Gasteiger partial charge is 0.355 e. The molecule has 1 amide bonds. The number of nitrogens with one attached hydrogen (secondary N) is 1. The first kappa shape index (κ1) is 15.0. The van der Waals surface area contributed by atoms with Gasteiger partial charge in [-0.15, -0.1) is 11.3 Å². The molecule has 0 aromatic carbocycles. The van der Waals surface area contributed by atoms with Crippen LogP contribution in [0.25, 0.3) is 0 Å². The van der Waals surface area contributed by atoms with E-state index < -0.39 is 5.97 Å². The summed E-state index contributed by atoms with van der Waals surface area (Å²) in [5.74, 6) is -0.907. The maximum atomic E-state index is 12.1. The number of nitrogens with zero attached hydrogens (tertiary/aromatic N) is 1. The number of aromatic nitrogens is 1. The summed E-state index contributed by atoms with van der Waals surface area (Å²) in [4.78, 5) is 26.8. The molecule has 0 bridgehead atoms. The summed E-state index contributed by atoms with van der Waals surface area (Å²) < 4.78 is 0. The van der Waals surface area contributed by atoms with E-state index >= 15 is 0 Å². The fraction of sp³-hybridized carbons (Fsp3) is 0.643. The lowest BCUT2D eigenvalue weighted by Crippen LogP contribution is -2.35. The summed E-state index contributed by atoms with van der Waals surface area (Å²) in [6, 6.07) is 0. The molecule has 2 rings (SSSR count). The lowest BCUT2D eigenvalue weighted by Gasteiger charge is -2.34. The molecule has 1 aromatic heterocycles. The number of rotatable bonds is 4. The molecule has 20 heavy (non-hydrogen) atoms. The highest BCUT2D eigenvalue weighted by Gasteiger charge is 2.31. The molecule has 1 heterocycles. The van der Waals surface area contributed by atoms with Crippen LogP contribution in [0, 0.1) is 11.3 Å². The van der Waals surface area contributed by atoms with Gasteiger partial charge >= 0.3 is 5.97 Å². The second-order valence-corrected chi connectivity index (χ2v) is 7.05. The van der Waals surface area contributed by atoms with Gasteiger partial charge in [0.15, 0.2) is 5.69 Å². The fourth-order valence-corrected chi connectivity index (χ4v) is 3.43. The Kier molecular flexibility index (Phi) is 4.42. The summed E-state index contributed by atoms with van der Waals surface area (Å²) >= 11 is 1.26. The van der Waals surface area contributed by atoms with Crippen molar-refractivity contribution >= 4 is 23.2 Å². The predicted molar refractivity (Wildman–Crippen MR) is 76.7 cm³/mol. The normalized spacial score (nSPS) is 21.4. The van der Waals surface area contributed by atoms with Crippen molar-refractivity contribution < 1.29 is 14.7 Å². The molecule has 0 saturated heterocycles. The van der Waals surface area contributed by atoms with Gasteiger partial charge < -0.3 is 10.4 Å². The molecular formula is C14H20N2O3S. The summed E-state index contributed by atoms with van der Waals surface area (Å²) in [5.41, 5.74) is 0.274. The third-order valence-corrected chi connectivity index (χ3v) is 4.61. The van der Waals surface area contributed by atoms with Crippen LogP contribution in [0.1, 0.15) is 55.0 Å². The minimum atomic E-state index is -1.03. The van der Waals surface area contributed by atoms with Crippen LogP contribution < -0.4 is 5.32 Å². The van der Waals surface area contributed by atoms with E-state index in [-0.39, 0.29) is 22.9 Å². The average molecular weight is 296 g/mol. The number of amides is 1. The first-order valence-corrected chi connectivity index (χ1v) is 7.71. The lowest BCUT2D eigenvalue weighted by atomic mass is 9.72. The molecule has 1 unspecified atom stereocenters. The Bertz CT molecular complexity index is 510. The van der Waals surface area contributed by atoms with Crippen LogP contribution in [0.2, 0.25) is 0 Å². The molecular weight excluding hydrogens is 276 g/mol. The van der Waals surface area contributed by atoms with Crippen molar-refractivity contribution in [3.63, 3.8) is 0 Å². The molecule has 110 valence electrons. The summed E-state index contributed by atoms with van der Waals surface area (Å²) in [5, 5.41) is 13.8. The van der Waals surface area contributed by atoms with Crippen molar-refractivity contribution in [1.82, 2.24) is 10.3 Å². The number of hydrogen-bond donors (Lipinski definition) is 2. The van der Waals surface area contributed by atoms with Gasteiger partial charge in [0, 0.05) is 11.3 Å². The van der Waals surface area contributed by atoms with Crippen LogP contribution in [0.5, 0.6) is 0 Å². The highest BCUT2D eigenvalue weighted by molar-refractivity contribution is 7.09. The largest absolute Gasteiger partial charge is 0.476 e. The standard InChI is InChI=1S/C14H20N2O3S/c1-14(2)5-3-4-9(6-14)12(17)15-7-11-16-10(8-20-11)13(18)19/h8-9H,3-7H2,1-2H3,(H,15,17)(H,18,19). The predicted octanol–water partition coefficient (Wildman–Crippen LogP) is 2.67. The highest BCUT2D eigenvalue weighted by atomic mass is 32.1. The van der Waals surface area contributed by atoms with Crippen LogP contribution in [0.15, 0.2) is 5.38 Å². The van der Waals surface area contributed by atoms with Crippen LogP contribution in [-0.4, -0.2) is 22.0 Å². The summed E-state index contributed by atoms with van der Waals surface area (Å²) in [6.07, 6.45) is 4.11. The Morgan fingerprint density at radius 1 is 1.55 bits per heavy atom. The van der Waals surface area contributed by atoms with E-state index in [9.17, 15) is 9.59 Å². The van der Waals surface area contributed by atoms with Gasteiger partial charge in [-0.2, -0.15) is 0 Å². The minimum Gasteiger partial charge on any atom is -0.476 e. The Morgan fingerprint density at radius 3 is 2.90 bits per heavy atom. The number of carbonyl (C=O) groups is 2. The van der Waals surface area contributed by atoms with E-state index in [1.165, 1.54) is 23.1 Å². The van der Waals surface area contributed by atoms with Crippen molar-refractivity contribution in [2.75, 3.05) is 0 Å². The Balaban J connectivity index is 1.86. The van der Waals surface area contributed by atoms with Crippen LogP contribution in [0.3, 0.4) is 0 Å². The Morgan fingerprint density at radius 2 is 2.30 bits per heavy atom. The third-order valence-electron chi connectivity index (χ3n) is 3.76. The quantitative estimate of drug-likeness (QED) is 0.895. The van der Waals surface area contributed by atoms with Gasteiger partial charge in [0.25, 0.3) is 0 Å². The molecule has 1 saturated carbocycles.